The summed E-state index contributed by atoms with van der Waals surface area (Å²) in [7, 11) is 0. The monoisotopic (exact) mass is 333 g/mol. The topological polar surface area (TPSA) is 70.6 Å². The van der Waals surface area contributed by atoms with E-state index in [0.717, 1.165) is 70.2 Å². The Bertz CT molecular complexity index is 522. The fourth-order valence-corrected chi connectivity index (χ4v) is 3.17. The minimum atomic E-state index is 0.261. The minimum Gasteiger partial charge on any atom is -0.376 e. The van der Waals surface area contributed by atoms with E-state index in [1.165, 1.54) is 0 Å². The lowest BCUT2D eigenvalue weighted by molar-refractivity contribution is -0.131. The van der Waals surface area contributed by atoms with E-state index >= 15 is 0 Å². The second-order valence-corrected chi connectivity index (χ2v) is 6.41. The van der Waals surface area contributed by atoms with Crippen LogP contribution in [-0.4, -0.2) is 66.4 Å². The number of piperazine rings is 1. The van der Waals surface area contributed by atoms with Crippen LogP contribution in [0.25, 0.3) is 0 Å². The number of carbonyl (C=O) groups is 1. The van der Waals surface area contributed by atoms with Gasteiger partial charge in [0.25, 0.3) is 0 Å². The van der Waals surface area contributed by atoms with Gasteiger partial charge in [-0.15, -0.1) is 10.2 Å². The van der Waals surface area contributed by atoms with Crippen LogP contribution in [0.4, 0.5) is 11.6 Å². The minimum absolute atomic E-state index is 0.261. The Morgan fingerprint density at radius 2 is 2.12 bits per heavy atom. The van der Waals surface area contributed by atoms with Gasteiger partial charge in [0.15, 0.2) is 5.82 Å². The highest BCUT2D eigenvalue weighted by Gasteiger charge is 2.21. The molecule has 1 N–H and O–H groups in total. The van der Waals surface area contributed by atoms with Gasteiger partial charge in [-0.3, -0.25) is 4.79 Å². The van der Waals surface area contributed by atoms with Gasteiger partial charge in [0.05, 0.1) is 6.10 Å². The molecule has 1 aromatic heterocycles. The van der Waals surface area contributed by atoms with Crippen LogP contribution in [0, 0.1) is 0 Å². The van der Waals surface area contributed by atoms with E-state index in [0.29, 0.717) is 12.5 Å². The van der Waals surface area contributed by atoms with Crippen molar-refractivity contribution in [3.05, 3.63) is 12.1 Å². The first-order chi connectivity index (χ1) is 11.8. The van der Waals surface area contributed by atoms with Gasteiger partial charge in [0, 0.05) is 45.8 Å². The molecule has 24 heavy (non-hydrogen) atoms. The van der Waals surface area contributed by atoms with Crippen LogP contribution in [0.15, 0.2) is 12.1 Å². The molecule has 2 fully saturated rings. The summed E-state index contributed by atoms with van der Waals surface area (Å²) in [6, 6.07) is 3.96. The van der Waals surface area contributed by atoms with Crippen LogP contribution in [0.2, 0.25) is 0 Å². The van der Waals surface area contributed by atoms with Crippen molar-refractivity contribution in [2.24, 2.45) is 0 Å². The largest absolute Gasteiger partial charge is 0.376 e. The van der Waals surface area contributed by atoms with Crippen molar-refractivity contribution in [2.45, 2.75) is 38.7 Å². The number of ether oxygens (including phenoxy) is 1. The fraction of sp³-hybridized carbons (Fsp3) is 0.706. The molecule has 0 aliphatic carbocycles. The molecule has 1 atom stereocenters. The molecule has 1 amide bonds. The van der Waals surface area contributed by atoms with Crippen molar-refractivity contribution in [1.82, 2.24) is 15.1 Å². The van der Waals surface area contributed by atoms with Crippen LogP contribution in [-0.2, 0) is 9.53 Å². The predicted octanol–water partition coefficient (Wildman–Crippen LogP) is 1.52. The summed E-state index contributed by atoms with van der Waals surface area (Å²) in [6.07, 6.45) is 4.10. The molecule has 0 saturated carbocycles. The molecular weight excluding hydrogens is 306 g/mol. The molecule has 7 nitrogen and oxygen atoms in total. The first kappa shape index (κ1) is 17.0. The maximum absolute atomic E-state index is 11.9. The Morgan fingerprint density at radius 3 is 2.75 bits per heavy atom. The molecule has 0 radical (unpaired) electrons. The number of rotatable bonds is 6. The highest BCUT2D eigenvalue weighted by molar-refractivity contribution is 5.76. The van der Waals surface area contributed by atoms with Crippen molar-refractivity contribution in [1.29, 1.82) is 0 Å². The number of aromatic nitrogens is 2. The second-order valence-electron chi connectivity index (χ2n) is 6.41. The molecule has 132 valence electrons. The van der Waals surface area contributed by atoms with E-state index in [9.17, 15) is 4.79 Å². The van der Waals surface area contributed by atoms with E-state index in [-0.39, 0.29) is 5.91 Å². The van der Waals surface area contributed by atoms with Crippen LogP contribution in [0.5, 0.6) is 0 Å². The Morgan fingerprint density at radius 1 is 1.29 bits per heavy atom. The Hall–Kier alpha value is -1.89. The summed E-state index contributed by atoms with van der Waals surface area (Å²) in [5.41, 5.74) is 0. The van der Waals surface area contributed by atoms with Crippen LogP contribution >= 0.6 is 0 Å². The fourth-order valence-electron chi connectivity index (χ4n) is 3.17. The summed E-state index contributed by atoms with van der Waals surface area (Å²) in [4.78, 5) is 16.1. The van der Waals surface area contributed by atoms with E-state index < -0.39 is 0 Å². The van der Waals surface area contributed by atoms with Crippen molar-refractivity contribution in [3.63, 3.8) is 0 Å². The average Bonchev–Trinajstić information content (AvgIpc) is 3.14. The predicted molar refractivity (Wildman–Crippen MR) is 93.2 cm³/mol. The molecule has 3 heterocycles. The Balaban J connectivity index is 1.46. The molecule has 2 aliphatic rings. The maximum Gasteiger partial charge on any atom is 0.222 e. The highest BCUT2D eigenvalue weighted by Crippen LogP contribution is 2.16. The van der Waals surface area contributed by atoms with E-state index in [1.54, 1.807) is 0 Å². The normalized spacial score (nSPS) is 21.1. The molecular formula is C17H27N5O2. The summed E-state index contributed by atoms with van der Waals surface area (Å²) in [5, 5.41) is 11.9. The quantitative estimate of drug-likeness (QED) is 0.851. The number of amides is 1. The zero-order chi connectivity index (χ0) is 16.8. The molecule has 2 aliphatic heterocycles. The highest BCUT2D eigenvalue weighted by atomic mass is 16.5. The number of carbonyl (C=O) groups excluding carboxylic acids is 1. The molecule has 0 spiro atoms. The van der Waals surface area contributed by atoms with Crippen molar-refractivity contribution >= 4 is 17.5 Å². The van der Waals surface area contributed by atoms with Gasteiger partial charge in [-0.05, 0) is 31.4 Å². The molecule has 7 heteroatoms. The van der Waals surface area contributed by atoms with Crippen molar-refractivity contribution in [2.75, 3.05) is 49.5 Å². The number of anilines is 2. The maximum atomic E-state index is 11.9. The third-order valence-electron chi connectivity index (χ3n) is 4.61. The van der Waals surface area contributed by atoms with Crippen LogP contribution in [0.1, 0.15) is 32.6 Å². The Labute approximate surface area is 143 Å². The van der Waals surface area contributed by atoms with Crippen molar-refractivity contribution < 1.29 is 9.53 Å². The van der Waals surface area contributed by atoms with Gasteiger partial charge in [0.2, 0.25) is 5.91 Å². The van der Waals surface area contributed by atoms with Gasteiger partial charge in [-0.2, -0.15) is 0 Å². The second kappa shape index (κ2) is 8.28. The lowest BCUT2D eigenvalue weighted by atomic mass is 10.2. The van der Waals surface area contributed by atoms with Crippen LogP contribution in [0.3, 0.4) is 0 Å². The number of nitrogens with zero attached hydrogens (tertiary/aromatic N) is 4. The molecule has 2 saturated heterocycles. The van der Waals surface area contributed by atoms with E-state index in [4.69, 9.17) is 4.74 Å². The standard InChI is InChI=1S/C17H27N5O2/c1-2-4-17(23)22-10-8-21(9-11-22)16-7-6-15(19-20-16)18-13-14-5-3-12-24-14/h6-7,14H,2-5,8-13H2,1H3,(H,18,19). The smallest absolute Gasteiger partial charge is 0.222 e. The molecule has 1 unspecified atom stereocenters. The molecule has 0 bridgehead atoms. The number of hydrogen-bond donors (Lipinski definition) is 1. The van der Waals surface area contributed by atoms with Crippen molar-refractivity contribution in [3.8, 4) is 0 Å². The van der Waals surface area contributed by atoms with Gasteiger partial charge in [0.1, 0.15) is 5.82 Å². The summed E-state index contributed by atoms with van der Waals surface area (Å²) in [6.45, 7) is 6.84. The van der Waals surface area contributed by atoms with E-state index in [2.05, 4.69) is 20.4 Å². The zero-order valence-corrected chi connectivity index (χ0v) is 14.4. The van der Waals surface area contributed by atoms with E-state index in [1.807, 2.05) is 24.0 Å². The summed E-state index contributed by atoms with van der Waals surface area (Å²) in [5.74, 6) is 1.92. The first-order valence-electron chi connectivity index (χ1n) is 8.98. The van der Waals surface area contributed by atoms with Gasteiger partial charge >= 0.3 is 0 Å². The first-order valence-corrected chi connectivity index (χ1v) is 8.98. The van der Waals surface area contributed by atoms with Gasteiger partial charge in [-0.25, -0.2) is 0 Å². The number of nitrogens with one attached hydrogen (secondary N) is 1. The lowest BCUT2D eigenvalue weighted by Gasteiger charge is -2.35. The zero-order valence-electron chi connectivity index (χ0n) is 14.4. The van der Waals surface area contributed by atoms with Gasteiger partial charge < -0.3 is 19.9 Å². The molecule has 0 aromatic carbocycles. The third-order valence-corrected chi connectivity index (χ3v) is 4.61. The SMILES string of the molecule is CCCC(=O)N1CCN(c2ccc(NCC3CCCO3)nn2)CC1. The molecule has 1 aromatic rings. The molecule has 3 rings (SSSR count). The van der Waals surface area contributed by atoms with Crippen LogP contribution < -0.4 is 10.2 Å². The lowest BCUT2D eigenvalue weighted by Crippen LogP contribution is -2.49. The average molecular weight is 333 g/mol. The summed E-state index contributed by atoms with van der Waals surface area (Å²) >= 11 is 0. The third kappa shape index (κ3) is 4.35. The number of hydrogen-bond acceptors (Lipinski definition) is 6. The van der Waals surface area contributed by atoms with Gasteiger partial charge in [-0.1, -0.05) is 6.92 Å². The summed E-state index contributed by atoms with van der Waals surface area (Å²) < 4.78 is 5.59. The Kier molecular flexibility index (Phi) is 5.85.